The van der Waals surface area contributed by atoms with Crippen LogP contribution in [0.5, 0.6) is 0 Å². The van der Waals surface area contributed by atoms with Crippen molar-refractivity contribution in [3.05, 3.63) is 106 Å². The second-order valence-corrected chi connectivity index (χ2v) is 9.94. The van der Waals surface area contributed by atoms with Gasteiger partial charge in [-0.2, -0.15) is 0 Å². The van der Waals surface area contributed by atoms with E-state index in [1.165, 1.54) is 36.0 Å². The van der Waals surface area contributed by atoms with Crippen LogP contribution in [0.1, 0.15) is 42.9 Å². The fraction of sp³-hybridized carbons (Fsp3) is 0.379. The molecule has 1 N–H and O–H groups in total. The van der Waals surface area contributed by atoms with E-state index >= 15 is 0 Å². The molecule has 33 heavy (non-hydrogen) atoms. The number of likely N-dealkylation sites (tertiary alicyclic amines) is 1. The first-order valence-corrected chi connectivity index (χ1v) is 12.9. The van der Waals surface area contributed by atoms with Gasteiger partial charge in [0.1, 0.15) is 0 Å². The molecule has 0 radical (unpaired) electrons. The Balaban J connectivity index is 1.46. The molecule has 1 fully saturated rings. The molecular formula is C29H34Cl2N2. The average Bonchev–Trinajstić information content (AvgIpc) is 2.86. The Hall–Kier alpha value is -1.84. The highest BCUT2D eigenvalue weighted by Gasteiger charge is 2.38. The fourth-order valence-corrected chi connectivity index (χ4v) is 5.56. The molecule has 1 unspecified atom stereocenters. The predicted octanol–water partition coefficient (Wildman–Crippen LogP) is 7.34. The third-order valence-corrected chi connectivity index (χ3v) is 7.84. The summed E-state index contributed by atoms with van der Waals surface area (Å²) in [4.78, 5) is 2.68. The van der Waals surface area contributed by atoms with Crippen LogP contribution in [0.4, 0.5) is 0 Å². The maximum absolute atomic E-state index is 6.24. The largest absolute Gasteiger partial charge is 0.295 e. The first-order chi connectivity index (χ1) is 16.1. The molecule has 4 heteroatoms. The van der Waals surface area contributed by atoms with E-state index in [0.29, 0.717) is 10.0 Å². The molecule has 0 aromatic heterocycles. The molecule has 1 aliphatic heterocycles. The molecule has 0 bridgehead atoms. The van der Waals surface area contributed by atoms with Crippen LogP contribution in [0.15, 0.2) is 78.9 Å². The van der Waals surface area contributed by atoms with E-state index in [2.05, 4.69) is 83.9 Å². The number of nitrogens with one attached hydrogen (secondary N) is 1. The molecule has 1 heterocycles. The second kappa shape index (κ2) is 11.5. The minimum atomic E-state index is -0.158. The Labute approximate surface area is 208 Å². The highest BCUT2D eigenvalue weighted by molar-refractivity contribution is 6.42. The van der Waals surface area contributed by atoms with Crippen molar-refractivity contribution in [1.82, 2.24) is 10.2 Å². The highest BCUT2D eigenvalue weighted by Crippen LogP contribution is 2.34. The van der Waals surface area contributed by atoms with Gasteiger partial charge in [0.15, 0.2) is 0 Å². The van der Waals surface area contributed by atoms with E-state index in [9.17, 15) is 0 Å². The monoisotopic (exact) mass is 480 g/mol. The lowest BCUT2D eigenvalue weighted by Gasteiger charge is -2.48. The number of benzene rings is 3. The van der Waals surface area contributed by atoms with Gasteiger partial charge in [0.2, 0.25) is 0 Å². The molecule has 4 rings (SSSR count). The van der Waals surface area contributed by atoms with Crippen molar-refractivity contribution < 1.29 is 0 Å². The van der Waals surface area contributed by atoms with Crippen LogP contribution >= 0.6 is 23.2 Å². The van der Waals surface area contributed by atoms with E-state index in [4.69, 9.17) is 23.2 Å². The Kier molecular flexibility index (Phi) is 8.49. The standard InChI is InChI=1S/C29H34Cl2N2/c1-2-29(26-11-7-4-8-12-26,32-18-15-24-13-14-27(30)28(31)22-24)33-19-16-25(17-20-33)21-23-9-5-3-6-10-23/h3-14,22,25,32H,2,15-21H2,1H3. The van der Waals surface area contributed by atoms with E-state index < -0.39 is 0 Å². The van der Waals surface area contributed by atoms with Crippen molar-refractivity contribution in [3.63, 3.8) is 0 Å². The summed E-state index contributed by atoms with van der Waals surface area (Å²) < 4.78 is 0. The van der Waals surface area contributed by atoms with Crippen molar-refractivity contribution in [2.45, 2.75) is 44.7 Å². The zero-order valence-corrected chi connectivity index (χ0v) is 21.0. The molecule has 0 saturated carbocycles. The number of hydrogen-bond donors (Lipinski definition) is 1. The SMILES string of the molecule is CCC(NCCc1ccc(Cl)c(Cl)c1)(c1ccccc1)N1CCC(Cc2ccccc2)CC1. The van der Waals surface area contributed by atoms with Crippen molar-refractivity contribution in [1.29, 1.82) is 0 Å². The molecular weight excluding hydrogens is 447 g/mol. The van der Waals surface area contributed by atoms with Crippen molar-refractivity contribution in [2.24, 2.45) is 5.92 Å². The van der Waals surface area contributed by atoms with Gasteiger partial charge in [-0.3, -0.25) is 10.2 Å². The van der Waals surface area contributed by atoms with Crippen LogP contribution in [-0.4, -0.2) is 24.5 Å². The Bertz CT molecular complexity index is 1000. The van der Waals surface area contributed by atoms with Crippen molar-refractivity contribution >= 4 is 23.2 Å². The Morgan fingerprint density at radius 2 is 1.52 bits per heavy atom. The summed E-state index contributed by atoms with van der Waals surface area (Å²) in [5.74, 6) is 0.755. The van der Waals surface area contributed by atoms with E-state index in [0.717, 1.165) is 38.4 Å². The summed E-state index contributed by atoms with van der Waals surface area (Å²) >= 11 is 12.3. The smallest absolute Gasteiger partial charge is 0.0972 e. The van der Waals surface area contributed by atoms with Crippen LogP contribution in [0.25, 0.3) is 0 Å². The van der Waals surface area contributed by atoms with Crippen LogP contribution in [0.2, 0.25) is 10.0 Å². The minimum Gasteiger partial charge on any atom is -0.295 e. The molecule has 3 aromatic rings. The maximum atomic E-state index is 6.24. The van der Waals surface area contributed by atoms with Gasteiger partial charge in [0.25, 0.3) is 0 Å². The lowest BCUT2D eigenvalue weighted by Crippen LogP contribution is -2.58. The molecule has 3 aromatic carbocycles. The lowest BCUT2D eigenvalue weighted by atomic mass is 9.86. The molecule has 2 nitrogen and oxygen atoms in total. The number of rotatable bonds is 9. The van der Waals surface area contributed by atoms with E-state index in [1.807, 2.05) is 12.1 Å². The molecule has 0 spiro atoms. The lowest BCUT2D eigenvalue weighted by molar-refractivity contribution is 0.0159. The van der Waals surface area contributed by atoms with Crippen LogP contribution in [0, 0.1) is 5.92 Å². The third-order valence-electron chi connectivity index (χ3n) is 7.10. The van der Waals surface area contributed by atoms with Gasteiger partial charge in [-0.15, -0.1) is 0 Å². The number of halogens is 2. The van der Waals surface area contributed by atoms with Gasteiger partial charge in [-0.1, -0.05) is 96.9 Å². The first-order valence-electron chi connectivity index (χ1n) is 12.1. The van der Waals surface area contributed by atoms with Gasteiger partial charge in [-0.25, -0.2) is 0 Å². The zero-order chi connectivity index (χ0) is 23.1. The van der Waals surface area contributed by atoms with E-state index in [1.54, 1.807) is 0 Å². The fourth-order valence-electron chi connectivity index (χ4n) is 5.24. The first kappa shape index (κ1) is 24.3. The van der Waals surface area contributed by atoms with Gasteiger partial charge in [-0.05, 0) is 66.8 Å². The average molecular weight is 482 g/mol. The maximum Gasteiger partial charge on any atom is 0.0972 e. The Morgan fingerprint density at radius 3 is 2.15 bits per heavy atom. The molecule has 1 atom stereocenters. The van der Waals surface area contributed by atoms with Crippen molar-refractivity contribution in [2.75, 3.05) is 19.6 Å². The van der Waals surface area contributed by atoms with Crippen LogP contribution < -0.4 is 5.32 Å². The van der Waals surface area contributed by atoms with Crippen LogP contribution in [0.3, 0.4) is 0 Å². The summed E-state index contributed by atoms with van der Waals surface area (Å²) in [5.41, 5.74) is 3.86. The third kappa shape index (κ3) is 6.00. The second-order valence-electron chi connectivity index (χ2n) is 9.13. The highest BCUT2D eigenvalue weighted by atomic mass is 35.5. The molecule has 174 valence electrons. The Morgan fingerprint density at radius 1 is 0.848 bits per heavy atom. The summed E-state index contributed by atoms with van der Waals surface area (Å²) in [5, 5.41) is 5.20. The van der Waals surface area contributed by atoms with E-state index in [-0.39, 0.29) is 5.66 Å². The zero-order valence-electron chi connectivity index (χ0n) is 19.4. The molecule has 1 saturated heterocycles. The molecule has 1 aliphatic rings. The summed E-state index contributed by atoms with van der Waals surface area (Å²) in [7, 11) is 0. The van der Waals surface area contributed by atoms with Gasteiger partial charge >= 0.3 is 0 Å². The topological polar surface area (TPSA) is 15.3 Å². The minimum absolute atomic E-state index is 0.158. The number of nitrogens with zero attached hydrogens (tertiary/aromatic N) is 1. The summed E-state index contributed by atoms with van der Waals surface area (Å²) in [6, 6.07) is 27.8. The number of hydrogen-bond acceptors (Lipinski definition) is 2. The molecule has 0 amide bonds. The van der Waals surface area contributed by atoms with Gasteiger partial charge in [0.05, 0.1) is 15.7 Å². The van der Waals surface area contributed by atoms with Crippen molar-refractivity contribution in [3.8, 4) is 0 Å². The van der Waals surface area contributed by atoms with Crippen LogP contribution in [-0.2, 0) is 18.5 Å². The van der Waals surface area contributed by atoms with Gasteiger partial charge in [0, 0.05) is 19.6 Å². The normalized spacial score (nSPS) is 17.1. The summed E-state index contributed by atoms with van der Waals surface area (Å²) in [6.45, 7) is 5.40. The summed E-state index contributed by atoms with van der Waals surface area (Å²) in [6.07, 6.45) is 5.58. The number of piperidine rings is 1. The quantitative estimate of drug-likeness (QED) is 0.344. The van der Waals surface area contributed by atoms with Gasteiger partial charge < -0.3 is 0 Å². The predicted molar refractivity (Wildman–Crippen MR) is 141 cm³/mol. The molecule has 0 aliphatic carbocycles.